The SMILES string of the molecule is C#CCCC1(CCC(=O)N2CCC(n3cccn3)C2)N=N1. The molecule has 1 aromatic rings. The first-order chi connectivity index (χ1) is 10.2. The van der Waals surface area contributed by atoms with Crippen molar-refractivity contribution in [1.29, 1.82) is 0 Å². The average molecular weight is 285 g/mol. The average Bonchev–Trinajstić information content (AvgIpc) is 2.94. The van der Waals surface area contributed by atoms with Crippen LogP contribution in [-0.2, 0) is 4.79 Å². The van der Waals surface area contributed by atoms with Gasteiger partial charge in [-0.1, -0.05) is 0 Å². The summed E-state index contributed by atoms with van der Waals surface area (Å²) < 4.78 is 1.94. The van der Waals surface area contributed by atoms with Crippen LogP contribution >= 0.6 is 0 Å². The number of terminal acetylenes is 1. The molecular weight excluding hydrogens is 266 g/mol. The van der Waals surface area contributed by atoms with Gasteiger partial charge in [0.2, 0.25) is 5.91 Å². The van der Waals surface area contributed by atoms with Gasteiger partial charge in [0.25, 0.3) is 0 Å². The van der Waals surface area contributed by atoms with E-state index in [-0.39, 0.29) is 11.6 Å². The highest BCUT2D eigenvalue weighted by atomic mass is 16.2. The molecule has 1 aromatic heterocycles. The van der Waals surface area contributed by atoms with Crippen molar-refractivity contribution >= 4 is 5.91 Å². The van der Waals surface area contributed by atoms with Crippen molar-refractivity contribution in [3.05, 3.63) is 18.5 Å². The largest absolute Gasteiger partial charge is 0.340 e. The van der Waals surface area contributed by atoms with E-state index in [0.717, 1.165) is 25.9 Å². The first-order valence-corrected chi connectivity index (χ1v) is 7.37. The van der Waals surface area contributed by atoms with Crippen molar-refractivity contribution in [3.63, 3.8) is 0 Å². The predicted molar refractivity (Wildman–Crippen MR) is 77.3 cm³/mol. The number of nitrogens with zero attached hydrogens (tertiary/aromatic N) is 5. The zero-order valence-corrected chi connectivity index (χ0v) is 12.0. The van der Waals surface area contributed by atoms with Crippen molar-refractivity contribution < 1.29 is 4.79 Å². The molecule has 0 radical (unpaired) electrons. The number of amides is 1. The van der Waals surface area contributed by atoms with Gasteiger partial charge in [-0.25, -0.2) is 0 Å². The van der Waals surface area contributed by atoms with Crippen molar-refractivity contribution in [2.75, 3.05) is 13.1 Å². The third-order valence-electron chi connectivity index (χ3n) is 4.21. The summed E-state index contributed by atoms with van der Waals surface area (Å²) in [6.45, 7) is 1.54. The van der Waals surface area contributed by atoms with Gasteiger partial charge in [0.05, 0.1) is 6.04 Å². The van der Waals surface area contributed by atoms with Crippen LogP contribution in [0, 0.1) is 12.3 Å². The summed E-state index contributed by atoms with van der Waals surface area (Å²) in [6.07, 6.45) is 12.5. The maximum atomic E-state index is 12.3. The number of carbonyl (C=O) groups excluding carboxylic acids is 1. The molecule has 0 N–H and O–H groups in total. The summed E-state index contributed by atoms with van der Waals surface area (Å²) in [6, 6.07) is 2.21. The molecular formula is C15H19N5O. The minimum Gasteiger partial charge on any atom is -0.340 e. The molecule has 3 heterocycles. The number of rotatable bonds is 6. The van der Waals surface area contributed by atoms with Gasteiger partial charge >= 0.3 is 0 Å². The van der Waals surface area contributed by atoms with E-state index in [1.54, 1.807) is 6.20 Å². The van der Waals surface area contributed by atoms with Crippen LogP contribution in [0.3, 0.4) is 0 Å². The lowest BCUT2D eigenvalue weighted by molar-refractivity contribution is -0.130. The van der Waals surface area contributed by atoms with E-state index in [2.05, 4.69) is 21.2 Å². The van der Waals surface area contributed by atoms with Crippen molar-refractivity contribution in [1.82, 2.24) is 14.7 Å². The maximum Gasteiger partial charge on any atom is 0.222 e. The topological polar surface area (TPSA) is 62.9 Å². The Hall–Kier alpha value is -2.16. The maximum absolute atomic E-state index is 12.3. The minimum absolute atomic E-state index is 0.182. The van der Waals surface area contributed by atoms with E-state index in [4.69, 9.17) is 6.42 Å². The monoisotopic (exact) mass is 285 g/mol. The van der Waals surface area contributed by atoms with Crippen LogP contribution in [0.5, 0.6) is 0 Å². The Kier molecular flexibility index (Phi) is 3.74. The van der Waals surface area contributed by atoms with Gasteiger partial charge in [-0.3, -0.25) is 9.48 Å². The second kappa shape index (κ2) is 5.68. The molecule has 6 nitrogen and oxygen atoms in total. The highest BCUT2D eigenvalue weighted by Crippen LogP contribution is 2.38. The highest BCUT2D eigenvalue weighted by Gasteiger charge is 2.40. The van der Waals surface area contributed by atoms with Crippen LogP contribution in [0.4, 0.5) is 0 Å². The molecule has 2 aliphatic rings. The van der Waals surface area contributed by atoms with Crippen LogP contribution in [0.1, 0.15) is 38.1 Å². The van der Waals surface area contributed by atoms with Crippen molar-refractivity contribution in [2.24, 2.45) is 10.2 Å². The Balaban J connectivity index is 1.46. The van der Waals surface area contributed by atoms with Gasteiger partial charge in [-0.05, 0) is 12.5 Å². The summed E-state index contributed by atoms with van der Waals surface area (Å²) in [4.78, 5) is 14.2. The van der Waals surface area contributed by atoms with Crippen LogP contribution in [0.25, 0.3) is 0 Å². The van der Waals surface area contributed by atoms with E-state index in [9.17, 15) is 4.79 Å². The summed E-state index contributed by atoms with van der Waals surface area (Å²) in [5, 5.41) is 12.4. The van der Waals surface area contributed by atoms with E-state index in [1.165, 1.54) is 0 Å². The van der Waals surface area contributed by atoms with Crippen molar-refractivity contribution in [3.8, 4) is 12.3 Å². The van der Waals surface area contributed by atoms with Gasteiger partial charge in [0.15, 0.2) is 5.66 Å². The fourth-order valence-corrected chi connectivity index (χ4v) is 2.81. The van der Waals surface area contributed by atoms with Gasteiger partial charge < -0.3 is 4.90 Å². The normalized spacial score (nSPS) is 22.2. The number of carbonyl (C=O) groups is 1. The van der Waals surface area contributed by atoms with Crippen molar-refractivity contribution in [2.45, 2.75) is 43.8 Å². The molecule has 0 bridgehead atoms. The molecule has 1 saturated heterocycles. The molecule has 0 aliphatic carbocycles. The summed E-state index contributed by atoms with van der Waals surface area (Å²) in [5.74, 6) is 2.79. The third kappa shape index (κ3) is 3.13. The molecule has 6 heteroatoms. The Morgan fingerprint density at radius 1 is 1.43 bits per heavy atom. The van der Waals surface area contributed by atoms with Crippen LogP contribution in [0.15, 0.2) is 28.7 Å². The fraction of sp³-hybridized carbons (Fsp3) is 0.600. The first kappa shape index (κ1) is 13.8. The number of likely N-dealkylation sites (tertiary alicyclic amines) is 1. The van der Waals surface area contributed by atoms with E-state index < -0.39 is 0 Å². The van der Waals surface area contributed by atoms with E-state index in [1.807, 2.05) is 21.8 Å². The van der Waals surface area contributed by atoms with E-state index >= 15 is 0 Å². The summed E-state index contributed by atoms with van der Waals surface area (Å²) >= 11 is 0. The van der Waals surface area contributed by atoms with Gasteiger partial charge in [0.1, 0.15) is 0 Å². The second-order valence-electron chi connectivity index (χ2n) is 5.65. The minimum atomic E-state index is -0.358. The predicted octanol–water partition coefficient (Wildman–Crippen LogP) is 2.01. The Bertz CT molecular complexity index is 565. The lowest BCUT2D eigenvalue weighted by Gasteiger charge is -2.17. The Morgan fingerprint density at radius 3 is 2.95 bits per heavy atom. The standard InChI is InChI=1S/C15H19N5O/c1-2-3-7-15(17-18-15)8-5-14(21)19-11-6-13(12-19)20-10-4-9-16-20/h1,4,9-10,13H,3,5-8,11-12H2. The number of aromatic nitrogens is 2. The molecule has 1 amide bonds. The molecule has 21 heavy (non-hydrogen) atoms. The van der Waals surface area contributed by atoms with Gasteiger partial charge in [0, 0.05) is 51.2 Å². The Labute approximate surface area is 124 Å². The zero-order valence-electron chi connectivity index (χ0n) is 12.0. The lowest BCUT2D eigenvalue weighted by Crippen LogP contribution is -2.30. The van der Waals surface area contributed by atoms with E-state index in [0.29, 0.717) is 25.3 Å². The molecule has 110 valence electrons. The molecule has 2 aliphatic heterocycles. The fourth-order valence-electron chi connectivity index (χ4n) is 2.81. The van der Waals surface area contributed by atoms with Crippen LogP contribution in [-0.4, -0.2) is 39.3 Å². The number of hydrogen-bond acceptors (Lipinski definition) is 4. The summed E-state index contributed by atoms with van der Waals surface area (Å²) in [7, 11) is 0. The molecule has 0 aromatic carbocycles. The smallest absolute Gasteiger partial charge is 0.222 e. The van der Waals surface area contributed by atoms with Crippen LogP contribution < -0.4 is 0 Å². The molecule has 0 spiro atoms. The molecule has 1 fully saturated rings. The molecule has 3 rings (SSSR count). The van der Waals surface area contributed by atoms with Crippen LogP contribution in [0.2, 0.25) is 0 Å². The molecule has 1 atom stereocenters. The number of hydrogen-bond donors (Lipinski definition) is 0. The zero-order chi connectivity index (χ0) is 14.7. The lowest BCUT2D eigenvalue weighted by atomic mass is 10.0. The quantitative estimate of drug-likeness (QED) is 0.751. The molecule has 0 saturated carbocycles. The molecule has 1 unspecified atom stereocenters. The summed E-state index contributed by atoms with van der Waals surface area (Å²) in [5.41, 5.74) is -0.358. The highest BCUT2D eigenvalue weighted by molar-refractivity contribution is 5.76. The first-order valence-electron chi connectivity index (χ1n) is 7.37. The second-order valence-corrected chi connectivity index (χ2v) is 5.65. The third-order valence-corrected chi connectivity index (χ3v) is 4.21. The Morgan fingerprint density at radius 2 is 2.29 bits per heavy atom. The van der Waals surface area contributed by atoms with Gasteiger partial charge in [-0.2, -0.15) is 15.3 Å². The van der Waals surface area contributed by atoms with Gasteiger partial charge in [-0.15, -0.1) is 12.3 Å².